The van der Waals surface area contributed by atoms with Crippen molar-refractivity contribution in [2.45, 2.75) is 124 Å². The maximum atomic E-state index is 7.06. The Hall–Kier alpha value is -6.59. The van der Waals surface area contributed by atoms with E-state index in [2.05, 4.69) is 263 Å². The predicted molar refractivity (Wildman–Crippen MR) is 289 cm³/mol. The van der Waals surface area contributed by atoms with Crippen molar-refractivity contribution in [1.82, 2.24) is 9.55 Å². The van der Waals surface area contributed by atoms with E-state index in [0.717, 1.165) is 34.0 Å². The average Bonchev–Trinajstić information content (AvgIpc) is 3.89. The molecule has 5 heteroatoms. The first-order valence-electron chi connectivity index (χ1n) is 24.4. The Bertz CT molecular complexity index is 3180. The zero-order chi connectivity index (χ0) is 48.6. The Morgan fingerprint density at radius 2 is 1.06 bits per heavy atom. The predicted octanol–water partition coefficient (Wildman–Crippen LogP) is 16.9. The molecule has 0 bridgehead atoms. The second kappa shape index (κ2) is 16.9. The Morgan fingerprint density at radius 1 is 0.441 bits per heavy atom. The number of ether oxygens (including phenoxy) is 1. The van der Waals surface area contributed by atoms with E-state index in [-0.39, 0.29) is 27.1 Å². The molecule has 0 aliphatic carbocycles. The third kappa shape index (κ3) is 9.08. The summed E-state index contributed by atoms with van der Waals surface area (Å²) in [6.45, 7) is 32.7. The number of allylic oxidation sites excluding steroid dienone is 1. The first-order valence-corrected chi connectivity index (χ1v) is 24.4. The summed E-state index contributed by atoms with van der Waals surface area (Å²) in [5.74, 6) is 2.48. The maximum Gasteiger partial charge on any atom is 0.137 e. The molecule has 68 heavy (non-hydrogen) atoms. The lowest BCUT2D eigenvalue weighted by molar-refractivity contribution is 0.479. The molecule has 0 saturated heterocycles. The Labute approximate surface area is 406 Å². The summed E-state index contributed by atoms with van der Waals surface area (Å²) in [4.78, 5) is 9.93. The molecular weight excluding hydrogens is 829 g/mol. The van der Waals surface area contributed by atoms with Crippen molar-refractivity contribution in [3.05, 3.63) is 192 Å². The summed E-state index contributed by atoms with van der Waals surface area (Å²) in [5, 5.41) is 2.38. The van der Waals surface area contributed by atoms with Gasteiger partial charge in [0.2, 0.25) is 0 Å². The molecule has 0 atom stereocenters. The fraction of sp³-hybridized carbons (Fsp3) is 0.317. The SMILES string of the molecule is CC(C)(C)c1cc(Oc2ccc3c4cc(C(C)(C)C)ccc4n(-c4cc(C(C)(C)C)ccn4)c3c2)cc(N2C=C(C(C)(C)c3ccccc3)N(c3cc(-c4ccccc4)cc(C(C)(C)C)c3)C2)c1. The average molecular weight is 899 g/mol. The van der Waals surface area contributed by atoms with Crippen molar-refractivity contribution in [3.63, 3.8) is 0 Å². The number of rotatable bonds is 8. The van der Waals surface area contributed by atoms with Crippen LogP contribution in [0.4, 0.5) is 11.4 Å². The monoisotopic (exact) mass is 899 g/mol. The first kappa shape index (κ1) is 46.5. The summed E-state index contributed by atoms with van der Waals surface area (Å²) in [5.41, 5.74) is 13.9. The van der Waals surface area contributed by atoms with Gasteiger partial charge in [-0.15, -0.1) is 0 Å². The Kier molecular flexibility index (Phi) is 11.5. The molecule has 8 aromatic rings. The van der Waals surface area contributed by atoms with Gasteiger partial charge in [0.25, 0.3) is 0 Å². The largest absolute Gasteiger partial charge is 0.457 e. The minimum atomic E-state index is -0.315. The number of hydrogen-bond acceptors (Lipinski definition) is 4. The van der Waals surface area contributed by atoms with Gasteiger partial charge < -0.3 is 14.5 Å². The standard InChI is InChI=1S/C63H70N4O/c1-59(2,3)45-25-28-55-54(36-45)53-27-26-51(39-56(53)67(55)58-37-46(29-30-64-58)60(4,5)6)68-52-35-48(62(10,11)12)33-49(38-52)65-40-57(63(13,14)44-23-19-16-20-24-44)66(41-65)50-32-43(42-21-17-15-18-22-42)31-47(34-50)61(7,8)9/h15-40H,41H2,1-14H3. The fourth-order valence-electron chi connectivity index (χ4n) is 9.52. The van der Waals surface area contributed by atoms with Crippen LogP contribution in [0.2, 0.25) is 0 Å². The molecule has 6 aromatic carbocycles. The zero-order valence-electron chi connectivity index (χ0n) is 42.9. The molecule has 5 nitrogen and oxygen atoms in total. The Morgan fingerprint density at radius 3 is 1.72 bits per heavy atom. The number of fused-ring (bicyclic) bond motifs is 3. The third-order valence-electron chi connectivity index (χ3n) is 14.0. The van der Waals surface area contributed by atoms with Gasteiger partial charge in [-0.1, -0.05) is 170 Å². The molecule has 9 rings (SSSR count). The number of pyridine rings is 1. The molecule has 0 saturated carbocycles. The van der Waals surface area contributed by atoms with Crippen LogP contribution in [0.3, 0.4) is 0 Å². The van der Waals surface area contributed by atoms with Crippen molar-refractivity contribution in [3.8, 4) is 28.4 Å². The molecule has 1 aliphatic heterocycles. The Balaban J connectivity index is 1.17. The normalized spacial score (nSPS) is 14.0. The van der Waals surface area contributed by atoms with E-state index >= 15 is 0 Å². The summed E-state index contributed by atoms with van der Waals surface area (Å²) in [6, 6.07) is 53.5. The summed E-state index contributed by atoms with van der Waals surface area (Å²) in [7, 11) is 0. The van der Waals surface area contributed by atoms with Crippen LogP contribution in [-0.4, -0.2) is 16.2 Å². The van der Waals surface area contributed by atoms with Crippen LogP contribution in [0, 0.1) is 0 Å². The number of benzene rings is 6. The molecule has 0 unspecified atom stereocenters. The van der Waals surface area contributed by atoms with Crippen LogP contribution >= 0.6 is 0 Å². The van der Waals surface area contributed by atoms with Gasteiger partial charge in [-0.3, -0.25) is 4.57 Å². The van der Waals surface area contributed by atoms with Crippen LogP contribution in [-0.2, 0) is 27.1 Å². The summed E-state index contributed by atoms with van der Waals surface area (Å²) in [6.07, 6.45) is 4.32. The van der Waals surface area contributed by atoms with E-state index in [9.17, 15) is 0 Å². The number of hydrogen-bond donors (Lipinski definition) is 0. The van der Waals surface area contributed by atoms with Crippen molar-refractivity contribution in [2.24, 2.45) is 0 Å². The molecule has 1 aliphatic rings. The molecular formula is C63H70N4O. The van der Waals surface area contributed by atoms with Gasteiger partial charge in [-0.25, -0.2) is 4.98 Å². The number of anilines is 2. The highest BCUT2D eigenvalue weighted by Gasteiger charge is 2.37. The lowest BCUT2D eigenvalue weighted by Crippen LogP contribution is -2.34. The second-order valence-corrected chi connectivity index (χ2v) is 23.6. The molecule has 348 valence electrons. The van der Waals surface area contributed by atoms with E-state index in [1.54, 1.807) is 0 Å². The number of aromatic nitrogens is 2. The van der Waals surface area contributed by atoms with Gasteiger partial charge in [0, 0.05) is 57.8 Å². The van der Waals surface area contributed by atoms with Crippen LogP contribution < -0.4 is 14.5 Å². The minimum absolute atomic E-state index is 0.00698. The van der Waals surface area contributed by atoms with Crippen molar-refractivity contribution in [2.75, 3.05) is 16.5 Å². The lowest BCUT2D eigenvalue weighted by atomic mass is 9.80. The van der Waals surface area contributed by atoms with E-state index in [0.29, 0.717) is 6.67 Å². The van der Waals surface area contributed by atoms with Crippen LogP contribution in [0.25, 0.3) is 38.8 Å². The van der Waals surface area contributed by atoms with E-state index in [1.165, 1.54) is 61.1 Å². The van der Waals surface area contributed by atoms with Crippen LogP contribution in [0.15, 0.2) is 164 Å². The molecule has 0 N–H and O–H groups in total. The molecule has 2 aromatic heterocycles. The van der Waals surface area contributed by atoms with Crippen LogP contribution in [0.5, 0.6) is 11.5 Å². The third-order valence-corrected chi connectivity index (χ3v) is 14.0. The van der Waals surface area contributed by atoms with Gasteiger partial charge >= 0.3 is 0 Å². The highest BCUT2D eigenvalue weighted by atomic mass is 16.5. The molecule has 0 amide bonds. The second-order valence-electron chi connectivity index (χ2n) is 23.6. The van der Waals surface area contributed by atoms with Gasteiger partial charge in [0.05, 0.1) is 17.7 Å². The summed E-state index contributed by atoms with van der Waals surface area (Å²) < 4.78 is 9.38. The van der Waals surface area contributed by atoms with E-state index < -0.39 is 0 Å². The minimum Gasteiger partial charge on any atom is -0.457 e. The van der Waals surface area contributed by atoms with Gasteiger partial charge in [0.15, 0.2) is 0 Å². The van der Waals surface area contributed by atoms with Crippen molar-refractivity contribution >= 4 is 33.2 Å². The molecule has 3 heterocycles. The van der Waals surface area contributed by atoms with Gasteiger partial charge in [0.1, 0.15) is 17.3 Å². The highest BCUT2D eigenvalue weighted by Crippen LogP contribution is 2.45. The molecule has 0 spiro atoms. The lowest BCUT2D eigenvalue weighted by Gasteiger charge is -2.35. The van der Waals surface area contributed by atoms with E-state index in [4.69, 9.17) is 9.72 Å². The van der Waals surface area contributed by atoms with Crippen molar-refractivity contribution < 1.29 is 4.74 Å². The maximum absolute atomic E-state index is 7.06. The number of nitrogens with zero attached hydrogens (tertiary/aromatic N) is 4. The summed E-state index contributed by atoms with van der Waals surface area (Å²) >= 11 is 0. The van der Waals surface area contributed by atoms with Gasteiger partial charge in [-0.2, -0.15) is 0 Å². The topological polar surface area (TPSA) is 33.5 Å². The highest BCUT2D eigenvalue weighted by molar-refractivity contribution is 6.09. The van der Waals surface area contributed by atoms with Crippen LogP contribution in [0.1, 0.15) is 125 Å². The molecule has 0 radical (unpaired) electrons. The zero-order valence-corrected chi connectivity index (χ0v) is 42.9. The molecule has 0 fully saturated rings. The van der Waals surface area contributed by atoms with E-state index in [1.807, 2.05) is 6.20 Å². The smallest absolute Gasteiger partial charge is 0.137 e. The fourth-order valence-corrected chi connectivity index (χ4v) is 9.52. The van der Waals surface area contributed by atoms with Gasteiger partial charge in [-0.05, 0) is 121 Å². The first-order chi connectivity index (χ1) is 31.9. The van der Waals surface area contributed by atoms with Crippen molar-refractivity contribution in [1.29, 1.82) is 0 Å². The quantitative estimate of drug-likeness (QED) is 0.152.